The van der Waals surface area contributed by atoms with E-state index >= 15 is 0 Å². The van der Waals surface area contributed by atoms with Gasteiger partial charge in [-0.25, -0.2) is 10.4 Å². The summed E-state index contributed by atoms with van der Waals surface area (Å²) in [6.07, 6.45) is 0. The van der Waals surface area contributed by atoms with E-state index in [9.17, 15) is 4.79 Å². The number of carbonyl (C=O) groups is 1. The molecule has 4 rings (SSSR count). The zero-order chi connectivity index (χ0) is 21.6. The lowest BCUT2D eigenvalue weighted by molar-refractivity contribution is -0.118. The van der Waals surface area contributed by atoms with Crippen molar-refractivity contribution in [1.29, 1.82) is 0 Å². The highest BCUT2D eigenvalue weighted by Crippen LogP contribution is 2.25. The molecule has 1 aromatic heterocycles. The fourth-order valence-electron chi connectivity index (χ4n) is 3.24. The second-order valence-corrected chi connectivity index (χ2v) is 8.28. The highest BCUT2D eigenvalue weighted by atomic mass is 32.2. The Labute approximate surface area is 186 Å². The van der Waals surface area contributed by atoms with E-state index in [2.05, 4.69) is 52.3 Å². The number of aryl methyl sites for hydroxylation is 1. The summed E-state index contributed by atoms with van der Waals surface area (Å²) in [5.41, 5.74) is 8.82. The number of aromatic nitrogens is 2. The van der Waals surface area contributed by atoms with Gasteiger partial charge in [0.05, 0.1) is 29.0 Å². The highest BCUT2D eigenvalue weighted by Gasteiger charge is 2.13. The van der Waals surface area contributed by atoms with Gasteiger partial charge in [-0.1, -0.05) is 84.1 Å². The molecule has 156 valence electrons. The average Bonchev–Trinajstić information content (AvgIpc) is 3.15. The van der Waals surface area contributed by atoms with Crippen LogP contribution in [0.25, 0.3) is 11.0 Å². The first-order chi connectivity index (χ1) is 15.1. The molecule has 0 aliphatic heterocycles. The van der Waals surface area contributed by atoms with E-state index in [1.807, 2.05) is 55.5 Å². The number of fused-ring (bicyclic) bond motifs is 1. The summed E-state index contributed by atoms with van der Waals surface area (Å²) in [6, 6.07) is 26.3. The number of para-hydroxylation sites is 2. The number of nitrogens with zero attached hydrogens (tertiary/aromatic N) is 3. The van der Waals surface area contributed by atoms with Crippen LogP contribution in [-0.2, 0) is 11.3 Å². The van der Waals surface area contributed by atoms with Gasteiger partial charge in [0.2, 0.25) is 0 Å². The van der Waals surface area contributed by atoms with Crippen LogP contribution in [0.15, 0.2) is 89.1 Å². The summed E-state index contributed by atoms with van der Waals surface area (Å²) in [5, 5.41) is 5.04. The Morgan fingerprint density at radius 3 is 2.48 bits per heavy atom. The molecule has 0 radical (unpaired) electrons. The lowest BCUT2D eigenvalue weighted by Crippen LogP contribution is -2.21. The Morgan fingerprint density at radius 1 is 1.00 bits per heavy atom. The molecule has 31 heavy (non-hydrogen) atoms. The van der Waals surface area contributed by atoms with Gasteiger partial charge in [-0.3, -0.25) is 4.79 Å². The van der Waals surface area contributed by atoms with Crippen LogP contribution in [0.2, 0.25) is 0 Å². The molecule has 1 heterocycles. The fourth-order valence-corrected chi connectivity index (χ4v) is 4.05. The molecule has 0 bridgehead atoms. The van der Waals surface area contributed by atoms with Gasteiger partial charge in [0.15, 0.2) is 5.16 Å². The normalized spacial score (nSPS) is 11.6. The molecule has 0 unspecified atom stereocenters. The monoisotopic (exact) mass is 428 g/mol. The minimum Gasteiger partial charge on any atom is -0.314 e. The fraction of sp³-hybridized carbons (Fsp3) is 0.160. The molecule has 0 spiro atoms. The van der Waals surface area contributed by atoms with Crippen molar-refractivity contribution in [3.8, 4) is 0 Å². The molecule has 0 saturated carbocycles. The molecule has 6 heteroatoms. The number of hydrogen-bond acceptors (Lipinski definition) is 4. The minimum atomic E-state index is -0.158. The zero-order valence-electron chi connectivity index (χ0n) is 17.6. The molecule has 5 nitrogen and oxygen atoms in total. The van der Waals surface area contributed by atoms with Crippen LogP contribution in [0.4, 0.5) is 0 Å². The molecule has 0 atom stereocenters. The van der Waals surface area contributed by atoms with Crippen LogP contribution in [0.1, 0.15) is 23.6 Å². The molecule has 4 aromatic rings. The van der Waals surface area contributed by atoms with Gasteiger partial charge in [-0.05, 0) is 37.1 Å². The number of nitrogens with one attached hydrogen (secondary N) is 1. The van der Waals surface area contributed by atoms with E-state index in [1.54, 1.807) is 0 Å². The zero-order valence-corrected chi connectivity index (χ0v) is 18.4. The van der Waals surface area contributed by atoms with E-state index in [0.29, 0.717) is 6.54 Å². The van der Waals surface area contributed by atoms with Crippen molar-refractivity contribution in [2.75, 3.05) is 5.75 Å². The molecule has 1 amide bonds. The van der Waals surface area contributed by atoms with E-state index in [1.165, 1.54) is 22.9 Å². The molecule has 0 aliphatic rings. The van der Waals surface area contributed by atoms with E-state index in [-0.39, 0.29) is 11.7 Å². The van der Waals surface area contributed by atoms with Gasteiger partial charge >= 0.3 is 0 Å². The van der Waals surface area contributed by atoms with Crippen LogP contribution in [0, 0.1) is 6.92 Å². The van der Waals surface area contributed by atoms with E-state index < -0.39 is 0 Å². The SMILES string of the molecule is CC(=NNC(=O)CSc1nc2ccccc2n1Cc1ccc(C)cc1)c1ccccc1. The topological polar surface area (TPSA) is 59.3 Å². The van der Waals surface area contributed by atoms with Crippen molar-refractivity contribution in [1.82, 2.24) is 15.0 Å². The maximum Gasteiger partial charge on any atom is 0.250 e. The number of carbonyl (C=O) groups excluding carboxylic acids is 1. The van der Waals surface area contributed by atoms with Crippen LogP contribution < -0.4 is 5.43 Å². The Hall–Kier alpha value is -3.38. The Kier molecular flexibility index (Phi) is 6.48. The molecule has 3 aromatic carbocycles. The number of rotatable bonds is 7. The van der Waals surface area contributed by atoms with Crippen molar-refractivity contribution >= 4 is 34.4 Å². The van der Waals surface area contributed by atoms with Crippen LogP contribution in [0.5, 0.6) is 0 Å². The van der Waals surface area contributed by atoms with Gasteiger partial charge in [0.1, 0.15) is 0 Å². The number of imidazole rings is 1. The lowest BCUT2D eigenvalue weighted by atomic mass is 10.1. The first kappa shape index (κ1) is 20.9. The van der Waals surface area contributed by atoms with Crippen molar-refractivity contribution in [3.63, 3.8) is 0 Å². The van der Waals surface area contributed by atoms with Crippen molar-refractivity contribution in [2.45, 2.75) is 25.5 Å². The van der Waals surface area contributed by atoms with E-state index in [0.717, 1.165) is 27.5 Å². The minimum absolute atomic E-state index is 0.158. The van der Waals surface area contributed by atoms with Gasteiger partial charge in [0.25, 0.3) is 5.91 Å². The number of thioether (sulfide) groups is 1. The summed E-state index contributed by atoms with van der Waals surface area (Å²) in [7, 11) is 0. The predicted octanol–water partition coefficient (Wildman–Crippen LogP) is 5.03. The van der Waals surface area contributed by atoms with E-state index in [4.69, 9.17) is 4.98 Å². The van der Waals surface area contributed by atoms with Crippen molar-refractivity contribution in [2.24, 2.45) is 5.10 Å². The molecule has 1 N–H and O–H groups in total. The quantitative estimate of drug-likeness (QED) is 0.255. The predicted molar refractivity (Wildman–Crippen MR) is 128 cm³/mol. The lowest BCUT2D eigenvalue weighted by Gasteiger charge is -2.09. The molecule has 0 saturated heterocycles. The molecule has 0 aliphatic carbocycles. The number of hydrazone groups is 1. The third kappa shape index (κ3) is 5.22. The van der Waals surface area contributed by atoms with Crippen molar-refractivity contribution < 1.29 is 4.79 Å². The summed E-state index contributed by atoms with van der Waals surface area (Å²) < 4.78 is 2.16. The number of hydrogen-bond donors (Lipinski definition) is 1. The maximum absolute atomic E-state index is 12.4. The van der Waals surface area contributed by atoms with Gasteiger partial charge in [-0.15, -0.1) is 0 Å². The van der Waals surface area contributed by atoms with Gasteiger partial charge < -0.3 is 4.57 Å². The van der Waals surface area contributed by atoms with Crippen LogP contribution >= 0.6 is 11.8 Å². The summed E-state index contributed by atoms with van der Waals surface area (Å²) in [6.45, 7) is 4.66. The maximum atomic E-state index is 12.4. The number of amides is 1. The Morgan fingerprint density at radius 2 is 1.71 bits per heavy atom. The molecule has 0 fully saturated rings. The average molecular weight is 429 g/mol. The summed E-state index contributed by atoms with van der Waals surface area (Å²) in [5.74, 6) is 0.0808. The largest absolute Gasteiger partial charge is 0.314 e. The Bertz CT molecular complexity index is 1210. The Balaban J connectivity index is 1.47. The standard InChI is InChI=1S/C25H24N4OS/c1-18-12-14-20(15-13-18)16-29-23-11-7-6-10-22(23)26-25(29)31-17-24(30)28-27-19(2)21-8-4-3-5-9-21/h3-15H,16-17H2,1-2H3,(H,28,30). The second kappa shape index (κ2) is 9.62. The third-order valence-electron chi connectivity index (χ3n) is 4.95. The van der Waals surface area contributed by atoms with Gasteiger partial charge in [0, 0.05) is 0 Å². The van der Waals surface area contributed by atoms with Crippen LogP contribution in [-0.4, -0.2) is 26.9 Å². The second-order valence-electron chi connectivity index (χ2n) is 7.34. The molecular weight excluding hydrogens is 404 g/mol. The molecular formula is C25H24N4OS. The first-order valence-electron chi connectivity index (χ1n) is 10.1. The smallest absolute Gasteiger partial charge is 0.250 e. The van der Waals surface area contributed by atoms with Crippen molar-refractivity contribution in [3.05, 3.63) is 95.6 Å². The third-order valence-corrected chi connectivity index (χ3v) is 5.93. The summed E-state index contributed by atoms with van der Waals surface area (Å²) >= 11 is 1.42. The summed E-state index contributed by atoms with van der Waals surface area (Å²) in [4.78, 5) is 17.1. The highest BCUT2D eigenvalue weighted by molar-refractivity contribution is 7.99. The van der Waals surface area contributed by atoms with Gasteiger partial charge in [-0.2, -0.15) is 5.10 Å². The van der Waals surface area contributed by atoms with Crippen LogP contribution in [0.3, 0.4) is 0 Å². The first-order valence-corrected chi connectivity index (χ1v) is 11.1. The number of benzene rings is 3.